The number of anilines is 1. The number of hydrogen-bond acceptors (Lipinski definition) is 7. The Morgan fingerprint density at radius 1 is 1.20 bits per heavy atom. The molecule has 0 fully saturated rings. The predicted octanol–water partition coefficient (Wildman–Crippen LogP) is 2.89. The fourth-order valence-electron chi connectivity index (χ4n) is 2.78. The second-order valence-corrected chi connectivity index (χ2v) is 5.48. The quantitative estimate of drug-likeness (QED) is 0.637. The van der Waals surface area contributed by atoms with Gasteiger partial charge in [0.2, 0.25) is 6.23 Å². The number of cyclic esters (lactones) is 1. The Morgan fingerprint density at radius 2 is 1.96 bits per heavy atom. The fraction of sp³-hybridized carbons (Fsp3) is 0.222. The van der Waals surface area contributed by atoms with Gasteiger partial charge in [-0.25, -0.2) is 4.79 Å². The van der Waals surface area contributed by atoms with Crippen molar-refractivity contribution in [2.24, 2.45) is 0 Å². The summed E-state index contributed by atoms with van der Waals surface area (Å²) in [7, 11) is 2.93. The second-order valence-electron chi connectivity index (χ2n) is 5.48. The molecule has 130 valence electrons. The standard InChI is InChI=1S/C18H17NO6/c1-9(20)11-5-4-10(8-13(11)21)19-17-12-6-7-14(23-2)16(24-3)15(12)18(22)25-17/h4-8,17,19,21H,1-3H3. The van der Waals surface area contributed by atoms with Crippen LogP contribution in [-0.2, 0) is 4.74 Å². The van der Waals surface area contributed by atoms with E-state index in [1.165, 1.54) is 33.3 Å². The highest BCUT2D eigenvalue weighted by molar-refractivity contribution is 5.99. The van der Waals surface area contributed by atoms with E-state index >= 15 is 0 Å². The van der Waals surface area contributed by atoms with Crippen LogP contribution in [0.25, 0.3) is 0 Å². The number of phenols is 1. The molecule has 0 spiro atoms. The van der Waals surface area contributed by atoms with Gasteiger partial charge in [0.1, 0.15) is 11.3 Å². The summed E-state index contributed by atoms with van der Waals surface area (Å²) in [6.07, 6.45) is -0.745. The van der Waals surface area contributed by atoms with Crippen LogP contribution < -0.4 is 14.8 Å². The Balaban J connectivity index is 1.94. The largest absolute Gasteiger partial charge is 0.507 e. The van der Waals surface area contributed by atoms with E-state index in [-0.39, 0.29) is 17.1 Å². The lowest BCUT2D eigenvalue weighted by Crippen LogP contribution is -2.10. The number of hydrogen-bond donors (Lipinski definition) is 2. The molecule has 0 aliphatic carbocycles. The van der Waals surface area contributed by atoms with E-state index in [1.54, 1.807) is 18.2 Å². The van der Waals surface area contributed by atoms with Crippen LogP contribution in [0.15, 0.2) is 30.3 Å². The first kappa shape index (κ1) is 16.6. The first-order chi connectivity index (χ1) is 12.0. The minimum atomic E-state index is -0.745. The van der Waals surface area contributed by atoms with Gasteiger partial charge in [-0.15, -0.1) is 0 Å². The Bertz CT molecular complexity index is 861. The normalized spacial score (nSPS) is 15.3. The van der Waals surface area contributed by atoms with Crippen molar-refractivity contribution >= 4 is 17.4 Å². The van der Waals surface area contributed by atoms with E-state index < -0.39 is 12.2 Å². The number of nitrogens with one attached hydrogen (secondary N) is 1. The minimum absolute atomic E-state index is 0.144. The zero-order valence-corrected chi connectivity index (χ0v) is 14.0. The van der Waals surface area contributed by atoms with Crippen LogP contribution in [0, 0.1) is 0 Å². The molecule has 0 radical (unpaired) electrons. The molecular formula is C18H17NO6. The molecule has 1 aliphatic rings. The molecular weight excluding hydrogens is 326 g/mol. The number of fused-ring (bicyclic) bond motifs is 1. The van der Waals surface area contributed by atoms with Crippen LogP contribution in [0.5, 0.6) is 17.2 Å². The van der Waals surface area contributed by atoms with Crippen molar-refractivity contribution in [1.29, 1.82) is 0 Å². The van der Waals surface area contributed by atoms with Crippen molar-refractivity contribution in [3.8, 4) is 17.2 Å². The fourth-order valence-corrected chi connectivity index (χ4v) is 2.78. The molecule has 1 unspecified atom stereocenters. The minimum Gasteiger partial charge on any atom is -0.507 e. The molecule has 1 aliphatic heterocycles. The maximum Gasteiger partial charge on any atom is 0.344 e. The Kier molecular flexibility index (Phi) is 4.22. The van der Waals surface area contributed by atoms with Crippen molar-refractivity contribution in [3.63, 3.8) is 0 Å². The highest BCUT2D eigenvalue weighted by atomic mass is 16.6. The molecule has 0 bridgehead atoms. The molecule has 1 atom stereocenters. The summed E-state index contributed by atoms with van der Waals surface area (Å²) in [6.45, 7) is 1.37. The number of benzene rings is 2. The topological polar surface area (TPSA) is 94.1 Å². The van der Waals surface area contributed by atoms with E-state index in [0.29, 0.717) is 28.3 Å². The summed E-state index contributed by atoms with van der Waals surface area (Å²) >= 11 is 0. The van der Waals surface area contributed by atoms with E-state index in [0.717, 1.165) is 0 Å². The van der Waals surface area contributed by atoms with Gasteiger partial charge >= 0.3 is 5.97 Å². The maximum atomic E-state index is 12.2. The van der Waals surface area contributed by atoms with Crippen molar-refractivity contribution in [1.82, 2.24) is 0 Å². The van der Waals surface area contributed by atoms with Crippen LogP contribution in [0.3, 0.4) is 0 Å². The average Bonchev–Trinajstić information content (AvgIpc) is 2.89. The number of Topliss-reactive ketones (excluding diaryl/α,β-unsaturated/α-hetero) is 1. The molecule has 7 heteroatoms. The number of phenolic OH excluding ortho intramolecular Hbond substituents is 1. The Morgan fingerprint density at radius 3 is 2.56 bits per heavy atom. The molecule has 0 aromatic heterocycles. The molecule has 1 heterocycles. The van der Waals surface area contributed by atoms with Crippen molar-refractivity contribution in [2.75, 3.05) is 19.5 Å². The van der Waals surface area contributed by atoms with E-state index in [9.17, 15) is 14.7 Å². The van der Waals surface area contributed by atoms with Gasteiger partial charge in [0.05, 0.1) is 19.8 Å². The van der Waals surface area contributed by atoms with Crippen molar-refractivity contribution < 1.29 is 28.9 Å². The average molecular weight is 343 g/mol. The smallest absolute Gasteiger partial charge is 0.344 e. The number of carbonyl (C=O) groups is 2. The summed E-state index contributed by atoms with van der Waals surface area (Å²) < 4.78 is 15.8. The predicted molar refractivity (Wildman–Crippen MR) is 89.4 cm³/mol. The summed E-state index contributed by atoms with van der Waals surface area (Å²) in [5.41, 5.74) is 1.62. The third kappa shape index (κ3) is 2.84. The number of carbonyl (C=O) groups excluding carboxylic acids is 2. The van der Waals surface area contributed by atoms with Gasteiger partial charge in [0.25, 0.3) is 0 Å². The summed E-state index contributed by atoms with van der Waals surface area (Å²) in [5, 5.41) is 12.9. The third-order valence-corrected chi connectivity index (χ3v) is 3.96. The third-order valence-electron chi connectivity index (χ3n) is 3.96. The molecule has 0 saturated heterocycles. The van der Waals surface area contributed by atoms with Gasteiger partial charge in [-0.3, -0.25) is 4.79 Å². The van der Waals surface area contributed by atoms with Crippen molar-refractivity contribution in [2.45, 2.75) is 13.2 Å². The SMILES string of the molecule is COc1ccc2c(c1OC)C(=O)OC2Nc1ccc(C(C)=O)c(O)c1. The van der Waals surface area contributed by atoms with Gasteiger partial charge in [-0.05, 0) is 31.2 Å². The van der Waals surface area contributed by atoms with Crippen LogP contribution in [0.1, 0.15) is 39.4 Å². The molecule has 7 nitrogen and oxygen atoms in total. The molecule has 0 saturated carbocycles. The van der Waals surface area contributed by atoms with Crippen LogP contribution in [0.2, 0.25) is 0 Å². The number of ketones is 1. The van der Waals surface area contributed by atoms with Gasteiger partial charge in [-0.1, -0.05) is 0 Å². The van der Waals surface area contributed by atoms with Crippen molar-refractivity contribution in [3.05, 3.63) is 47.0 Å². The Hall–Kier alpha value is -3.22. The molecule has 2 aromatic rings. The molecule has 3 rings (SSSR count). The molecule has 0 amide bonds. The lowest BCUT2D eigenvalue weighted by atomic mass is 10.1. The van der Waals surface area contributed by atoms with Crippen LogP contribution in [0.4, 0.5) is 5.69 Å². The monoisotopic (exact) mass is 343 g/mol. The maximum absolute atomic E-state index is 12.2. The number of esters is 1. The summed E-state index contributed by atoms with van der Waals surface area (Å²) in [4.78, 5) is 23.6. The zero-order valence-electron chi connectivity index (χ0n) is 14.0. The first-order valence-corrected chi connectivity index (χ1v) is 7.52. The van der Waals surface area contributed by atoms with E-state index in [4.69, 9.17) is 14.2 Å². The Labute approximate surface area is 144 Å². The summed E-state index contributed by atoms with van der Waals surface area (Å²) in [6, 6.07) is 7.94. The van der Waals surface area contributed by atoms with Gasteiger partial charge in [-0.2, -0.15) is 0 Å². The first-order valence-electron chi connectivity index (χ1n) is 7.52. The van der Waals surface area contributed by atoms with E-state index in [2.05, 4.69) is 5.32 Å². The second kappa shape index (κ2) is 6.35. The summed E-state index contributed by atoms with van der Waals surface area (Å²) in [5.74, 6) is -0.174. The van der Waals surface area contributed by atoms with Gasteiger partial charge in [0, 0.05) is 17.3 Å². The molecule has 2 aromatic carbocycles. The number of aromatic hydroxyl groups is 1. The lowest BCUT2D eigenvalue weighted by Gasteiger charge is -2.15. The number of ether oxygens (including phenoxy) is 3. The zero-order chi connectivity index (χ0) is 18.1. The van der Waals surface area contributed by atoms with Crippen LogP contribution >= 0.6 is 0 Å². The highest BCUT2D eigenvalue weighted by Gasteiger charge is 2.35. The number of methoxy groups -OCH3 is 2. The van der Waals surface area contributed by atoms with Gasteiger partial charge in [0.15, 0.2) is 17.3 Å². The number of rotatable bonds is 5. The van der Waals surface area contributed by atoms with E-state index in [1.807, 2.05) is 0 Å². The van der Waals surface area contributed by atoms with Crippen LogP contribution in [-0.4, -0.2) is 31.1 Å². The lowest BCUT2D eigenvalue weighted by molar-refractivity contribution is 0.0435. The van der Waals surface area contributed by atoms with Gasteiger partial charge < -0.3 is 24.6 Å². The highest BCUT2D eigenvalue weighted by Crippen LogP contribution is 2.42. The molecule has 25 heavy (non-hydrogen) atoms. The molecule has 2 N–H and O–H groups in total.